The standard InChI is InChI=1S/C62H116NO8P/c1-6-8-10-12-14-16-18-20-22-23-24-25-26-27-28-29-30-31-32-33-34-35-36-37-38-39-41-43-45-47-49-51-53-55-62(65)71-60(59-70-72(66,67)69-57-56-63(3,4)5)58-68-61(64)54-52-50-48-46-44-42-40-21-19-17-15-13-11-9-7-2/h8,10,14,16,20,22,24-25,60H,6-7,9,11-13,15,17-19,21,23,26-59H2,1-5H3/p+1/b10-8-,16-14-,22-20-,25-24-. The molecule has 10 heteroatoms. The molecule has 2 unspecified atom stereocenters. The second-order valence-corrected chi connectivity index (χ2v) is 23.2. The van der Waals surface area contributed by atoms with Gasteiger partial charge in [0.25, 0.3) is 0 Å². The summed E-state index contributed by atoms with van der Waals surface area (Å²) in [6, 6.07) is 0. The fourth-order valence-corrected chi connectivity index (χ4v) is 9.46. The Kier molecular flexibility index (Phi) is 52.3. The van der Waals surface area contributed by atoms with Crippen molar-refractivity contribution in [2.24, 2.45) is 0 Å². The smallest absolute Gasteiger partial charge is 0.462 e. The zero-order valence-corrected chi connectivity index (χ0v) is 48.8. The quantitative estimate of drug-likeness (QED) is 0.0211. The first-order valence-electron chi connectivity index (χ1n) is 30.4. The van der Waals surface area contributed by atoms with E-state index in [-0.39, 0.29) is 25.6 Å². The molecule has 72 heavy (non-hydrogen) atoms. The first kappa shape index (κ1) is 70.0. The highest BCUT2D eigenvalue weighted by Gasteiger charge is 2.27. The number of hydrogen-bond donors (Lipinski definition) is 1. The van der Waals surface area contributed by atoms with Gasteiger partial charge >= 0.3 is 19.8 Å². The van der Waals surface area contributed by atoms with E-state index in [1.165, 1.54) is 193 Å². The number of phosphoric ester groups is 1. The molecule has 0 bridgehead atoms. The topological polar surface area (TPSA) is 108 Å². The molecule has 0 spiro atoms. The van der Waals surface area contributed by atoms with Crippen molar-refractivity contribution < 1.29 is 42.1 Å². The lowest BCUT2D eigenvalue weighted by Gasteiger charge is -2.24. The SMILES string of the molecule is CC/C=C\C/C=C\C/C=C\C/C=C\CCCCCCCCCCCCCCCCCCCCCCC(=O)OC(COC(=O)CCCCCCCCCCCCCCCCC)COP(=O)(O)OCC[N+](C)(C)C. The van der Waals surface area contributed by atoms with E-state index in [9.17, 15) is 19.0 Å². The van der Waals surface area contributed by atoms with Gasteiger partial charge in [0.2, 0.25) is 0 Å². The number of likely N-dealkylation sites (N-methyl/N-ethyl adjacent to an activating group) is 1. The summed E-state index contributed by atoms with van der Waals surface area (Å²) in [5.41, 5.74) is 0. The molecule has 0 aliphatic heterocycles. The van der Waals surface area contributed by atoms with Crippen LogP contribution in [-0.2, 0) is 32.7 Å². The van der Waals surface area contributed by atoms with Crippen LogP contribution in [0.25, 0.3) is 0 Å². The predicted molar refractivity (Wildman–Crippen MR) is 307 cm³/mol. The van der Waals surface area contributed by atoms with Gasteiger partial charge in [-0.3, -0.25) is 18.6 Å². The van der Waals surface area contributed by atoms with Gasteiger partial charge in [0.1, 0.15) is 19.8 Å². The molecule has 0 aromatic rings. The van der Waals surface area contributed by atoms with Gasteiger partial charge < -0.3 is 18.9 Å². The van der Waals surface area contributed by atoms with Crippen LogP contribution >= 0.6 is 7.82 Å². The van der Waals surface area contributed by atoms with Crippen molar-refractivity contribution in [1.82, 2.24) is 0 Å². The monoisotopic (exact) mass is 1030 g/mol. The van der Waals surface area contributed by atoms with E-state index >= 15 is 0 Å². The van der Waals surface area contributed by atoms with Crippen LogP contribution in [0, 0.1) is 0 Å². The third kappa shape index (κ3) is 57.3. The van der Waals surface area contributed by atoms with E-state index in [1.54, 1.807) is 0 Å². The Bertz CT molecular complexity index is 1360. The van der Waals surface area contributed by atoms with Crippen molar-refractivity contribution in [3.63, 3.8) is 0 Å². The summed E-state index contributed by atoms with van der Waals surface area (Å²) in [4.78, 5) is 35.7. The Morgan fingerprint density at radius 3 is 1.18 bits per heavy atom. The Labute approximate surface area is 445 Å². The molecular formula is C62H117NO8P+. The van der Waals surface area contributed by atoms with Gasteiger partial charge in [-0.2, -0.15) is 0 Å². The van der Waals surface area contributed by atoms with Gasteiger partial charge in [-0.05, 0) is 51.4 Å². The average molecular weight is 1040 g/mol. The summed E-state index contributed by atoms with van der Waals surface area (Å²) in [6.07, 6.45) is 67.7. The van der Waals surface area contributed by atoms with E-state index in [2.05, 4.69) is 62.5 Å². The maximum atomic E-state index is 12.8. The third-order valence-corrected chi connectivity index (χ3v) is 14.4. The fourth-order valence-electron chi connectivity index (χ4n) is 8.72. The van der Waals surface area contributed by atoms with Gasteiger partial charge in [-0.15, -0.1) is 0 Å². The molecular weight excluding hydrogens is 918 g/mol. The number of allylic oxidation sites excluding steroid dienone is 8. The highest BCUT2D eigenvalue weighted by Crippen LogP contribution is 2.43. The zero-order chi connectivity index (χ0) is 52.7. The number of unbranched alkanes of at least 4 members (excludes halogenated alkanes) is 34. The number of quaternary nitrogens is 1. The Hall–Kier alpha value is -2.03. The first-order valence-corrected chi connectivity index (χ1v) is 31.9. The first-order chi connectivity index (χ1) is 35.0. The second-order valence-electron chi connectivity index (χ2n) is 21.7. The molecule has 0 amide bonds. The number of ether oxygens (including phenoxy) is 2. The summed E-state index contributed by atoms with van der Waals surface area (Å²) < 4.78 is 34.6. The van der Waals surface area contributed by atoms with E-state index in [1.807, 2.05) is 21.1 Å². The molecule has 9 nitrogen and oxygen atoms in total. The number of carbonyl (C=O) groups is 2. The van der Waals surface area contributed by atoms with Crippen LogP contribution in [0.3, 0.4) is 0 Å². The fraction of sp³-hybridized carbons (Fsp3) is 0.839. The summed E-state index contributed by atoms with van der Waals surface area (Å²) in [6.45, 7) is 4.36. The minimum absolute atomic E-state index is 0.0342. The molecule has 422 valence electrons. The summed E-state index contributed by atoms with van der Waals surface area (Å²) in [5, 5.41) is 0. The van der Waals surface area contributed by atoms with Crippen molar-refractivity contribution >= 4 is 19.8 Å². The molecule has 0 saturated carbocycles. The minimum Gasteiger partial charge on any atom is -0.462 e. The number of nitrogens with zero attached hydrogens (tertiary/aromatic N) is 1. The third-order valence-electron chi connectivity index (χ3n) is 13.4. The highest BCUT2D eigenvalue weighted by molar-refractivity contribution is 7.47. The molecule has 0 radical (unpaired) electrons. The maximum Gasteiger partial charge on any atom is 0.472 e. The normalized spacial score (nSPS) is 13.6. The molecule has 0 aromatic heterocycles. The number of carbonyl (C=O) groups excluding carboxylic acids is 2. The number of hydrogen-bond acceptors (Lipinski definition) is 7. The van der Waals surface area contributed by atoms with Crippen LogP contribution in [0.1, 0.15) is 284 Å². The van der Waals surface area contributed by atoms with Crippen molar-refractivity contribution in [3.05, 3.63) is 48.6 Å². The second kappa shape index (κ2) is 53.8. The summed E-state index contributed by atoms with van der Waals surface area (Å²) >= 11 is 0. The van der Waals surface area contributed by atoms with Crippen LogP contribution in [-0.4, -0.2) is 74.9 Å². The van der Waals surface area contributed by atoms with Gasteiger partial charge in [0.05, 0.1) is 27.7 Å². The van der Waals surface area contributed by atoms with Crippen LogP contribution < -0.4 is 0 Å². The van der Waals surface area contributed by atoms with Gasteiger partial charge in [-0.1, -0.05) is 268 Å². The van der Waals surface area contributed by atoms with E-state index in [0.29, 0.717) is 23.9 Å². The maximum absolute atomic E-state index is 12.8. The molecule has 0 fully saturated rings. The average Bonchev–Trinajstić information content (AvgIpc) is 3.34. The van der Waals surface area contributed by atoms with Crippen LogP contribution in [0.5, 0.6) is 0 Å². The molecule has 0 aliphatic rings. The molecule has 0 aromatic carbocycles. The largest absolute Gasteiger partial charge is 0.472 e. The van der Waals surface area contributed by atoms with Gasteiger partial charge in [0, 0.05) is 12.8 Å². The zero-order valence-electron chi connectivity index (χ0n) is 47.9. The van der Waals surface area contributed by atoms with Crippen molar-refractivity contribution in [3.8, 4) is 0 Å². The molecule has 0 aliphatic carbocycles. The van der Waals surface area contributed by atoms with Crippen molar-refractivity contribution in [2.75, 3.05) is 47.5 Å². The Balaban J connectivity index is 4.00. The van der Waals surface area contributed by atoms with Crippen molar-refractivity contribution in [1.29, 1.82) is 0 Å². The van der Waals surface area contributed by atoms with Crippen LogP contribution in [0.15, 0.2) is 48.6 Å². The molecule has 0 saturated heterocycles. The number of esters is 2. The molecule has 0 heterocycles. The lowest BCUT2D eigenvalue weighted by atomic mass is 10.0. The van der Waals surface area contributed by atoms with E-state index < -0.39 is 26.5 Å². The van der Waals surface area contributed by atoms with Crippen LogP contribution in [0.4, 0.5) is 0 Å². The lowest BCUT2D eigenvalue weighted by Crippen LogP contribution is -2.37. The van der Waals surface area contributed by atoms with E-state index in [0.717, 1.165) is 57.8 Å². The summed E-state index contributed by atoms with van der Waals surface area (Å²) in [7, 11) is 1.49. The van der Waals surface area contributed by atoms with E-state index in [4.69, 9.17) is 18.5 Å². The van der Waals surface area contributed by atoms with Gasteiger partial charge in [-0.25, -0.2) is 4.57 Å². The molecule has 2 atom stereocenters. The summed E-state index contributed by atoms with van der Waals surface area (Å²) in [5.74, 6) is -0.782. The van der Waals surface area contributed by atoms with Gasteiger partial charge in [0.15, 0.2) is 6.10 Å². The minimum atomic E-state index is -4.38. The van der Waals surface area contributed by atoms with Crippen molar-refractivity contribution in [2.45, 2.75) is 290 Å². The lowest BCUT2D eigenvalue weighted by molar-refractivity contribution is -0.870. The number of phosphoric acid groups is 1. The van der Waals surface area contributed by atoms with Crippen LogP contribution in [0.2, 0.25) is 0 Å². The Morgan fingerprint density at radius 1 is 0.444 bits per heavy atom. The Morgan fingerprint density at radius 2 is 0.792 bits per heavy atom. The predicted octanol–water partition coefficient (Wildman–Crippen LogP) is 18.9. The number of rotatable bonds is 56. The molecule has 1 N–H and O–H groups in total. The highest BCUT2D eigenvalue weighted by atomic mass is 31.2. The molecule has 0 rings (SSSR count).